The number of carbonyl (C=O) groups is 2. The van der Waals surface area contributed by atoms with Gasteiger partial charge in [-0.2, -0.15) is 0 Å². The number of nitrogens with one attached hydrogen (secondary N) is 1. The summed E-state index contributed by atoms with van der Waals surface area (Å²) in [7, 11) is 0. The molecule has 26 heavy (non-hydrogen) atoms. The molecule has 0 spiro atoms. The van der Waals surface area contributed by atoms with E-state index < -0.39 is 23.2 Å². The molecule has 2 saturated heterocycles. The molecular weight excluding hydrogens is 363 g/mol. The first-order valence-electron chi connectivity index (χ1n) is 8.71. The van der Waals surface area contributed by atoms with Crippen LogP contribution in [0, 0.1) is 11.7 Å². The molecule has 1 aromatic rings. The summed E-state index contributed by atoms with van der Waals surface area (Å²) in [4.78, 5) is 26.5. The molecule has 2 heterocycles. The van der Waals surface area contributed by atoms with Crippen molar-refractivity contribution in [1.82, 2.24) is 10.2 Å². The maximum absolute atomic E-state index is 13.3. The third-order valence-electron chi connectivity index (χ3n) is 4.96. The van der Waals surface area contributed by atoms with Crippen LogP contribution in [0.1, 0.15) is 24.8 Å². The summed E-state index contributed by atoms with van der Waals surface area (Å²) in [6.45, 7) is 2.19. The van der Waals surface area contributed by atoms with E-state index in [2.05, 4.69) is 5.32 Å². The van der Waals surface area contributed by atoms with E-state index in [-0.39, 0.29) is 18.0 Å². The van der Waals surface area contributed by atoms with Crippen LogP contribution in [0.4, 0.5) is 4.39 Å². The largest absolute Gasteiger partial charge is 0.381 e. The number of carbonyl (C=O) groups excluding carboxylic acids is 2. The smallest absolute Gasteiger partial charge is 0.264 e. The molecule has 0 radical (unpaired) electrons. The SMILES string of the molecule is O=C(NCc1cc(F)cc(Cl)c1)C1(O)CCN(CC2CCOCC2)C1=O. The van der Waals surface area contributed by atoms with Crippen molar-refractivity contribution < 1.29 is 23.8 Å². The fraction of sp³-hybridized carbons (Fsp3) is 0.556. The zero-order chi connectivity index (χ0) is 18.7. The summed E-state index contributed by atoms with van der Waals surface area (Å²) in [5, 5.41) is 13.3. The highest BCUT2D eigenvalue weighted by Crippen LogP contribution is 2.26. The van der Waals surface area contributed by atoms with Crippen LogP contribution >= 0.6 is 11.6 Å². The second kappa shape index (κ2) is 7.90. The molecule has 0 aromatic heterocycles. The molecule has 142 valence electrons. The van der Waals surface area contributed by atoms with Crippen molar-refractivity contribution in [2.24, 2.45) is 5.92 Å². The Labute approximate surface area is 156 Å². The van der Waals surface area contributed by atoms with Gasteiger partial charge in [0.15, 0.2) is 0 Å². The number of aliphatic hydroxyl groups is 1. The fourth-order valence-electron chi connectivity index (χ4n) is 3.43. The van der Waals surface area contributed by atoms with Crippen molar-refractivity contribution in [3.05, 3.63) is 34.6 Å². The lowest BCUT2D eigenvalue weighted by atomic mass is 9.99. The van der Waals surface area contributed by atoms with E-state index in [0.717, 1.165) is 18.9 Å². The van der Waals surface area contributed by atoms with E-state index in [9.17, 15) is 19.1 Å². The highest BCUT2D eigenvalue weighted by Gasteiger charge is 2.51. The van der Waals surface area contributed by atoms with Crippen molar-refractivity contribution in [2.75, 3.05) is 26.3 Å². The van der Waals surface area contributed by atoms with E-state index >= 15 is 0 Å². The van der Waals surface area contributed by atoms with Gasteiger partial charge < -0.3 is 20.1 Å². The molecule has 1 unspecified atom stereocenters. The monoisotopic (exact) mass is 384 g/mol. The first-order valence-corrected chi connectivity index (χ1v) is 9.09. The molecule has 0 bridgehead atoms. The van der Waals surface area contributed by atoms with Crippen LogP contribution < -0.4 is 5.32 Å². The lowest BCUT2D eigenvalue weighted by molar-refractivity contribution is -0.154. The summed E-state index contributed by atoms with van der Waals surface area (Å²) < 4.78 is 18.7. The third kappa shape index (κ3) is 4.16. The van der Waals surface area contributed by atoms with Crippen molar-refractivity contribution in [3.63, 3.8) is 0 Å². The Bertz CT molecular complexity index is 676. The Kier molecular flexibility index (Phi) is 5.79. The van der Waals surface area contributed by atoms with E-state index in [0.29, 0.717) is 37.8 Å². The minimum absolute atomic E-state index is 0.0220. The lowest BCUT2D eigenvalue weighted by Crippen LogP contribution is -2.52. The second-order valence-electron chi connectivity index (χ2n) is 6.88. The van der Waals surface area contributed by atoms with Crippen molar-refractivity contribution >= 4 is 23.4 Å². The van der Waals surface area contributed by atoms with E-state index in [1.165, 1.54) is 12.1 Å². The van der Waals surface area contributed by atoms with Crippen LogP contribution in [0.2, 0.25) is 5.02 Å². The number of benzene rings is 1. The lowest BCUT2D eigenvalue weighted by Gasteiger charge is -2.28. The van der Waals surface area contributed by atoms with Crippen molar-refractivity contribution in [3.8, 4) is 0 Å². The topological polar surface area (TPSA) is 78.9 Å². The summed E-state index contributed by atoms with van der Waals surface area (Å²) >= 11 is 5.78. The molecule has 8 heteroatoms. The molecule has 0 aliphatic carbocycles. The fourth-order valence-corrected chi connectivity index (χ4v) is 3.68. The van der Waals surface area contributed by atoms with Gasteiger partial charge in [-0.1, -0.05) is 11.6 Å². The van der Waals surface area contributed by atoms with Crippen LogP contribution in [0.5, 0.6) is 0 Å². The summed E-state index contributed by atoms with van der Waals surface area (Å²) in [5.74, 6) is -1.52. The zero-order valence-corrected chi connectivity index (χ0v) is 15.1. The van der Waals surface area contributed by atoms with Gasteiger partial charge in [0.1, 0.15) is 5.82 Å². The highest BCUT2D eigenvalue weighted by atomic mass is 35.5. The molecule has 1 aromatic carbocycles. The molecule has 3 rings (SSSR count). The Morgan fingerprint density at radius 1 is 1.38 bits per heavy atom. The zero-order valence-electron chi connectivity index (χ0n) is 14.3. The second-order valence-corrected chi connectivity index (χ2v) is 7.31. The number of amides is 2. The Balaban J connectivity index is 1.58. The Morgan fingerprint density at radius 2 is 2.12 bits per heavy atom. The standard InChI is InChI=1S/C18H22ClFN2O4/c19-14-7-13(8-15(20)9-14)10-21-16(23)18(25)3-4-22(17(18)24)11-12-1-5-26-6-2-12/h7-9,12,25H,1-6,10-11H2,(H,21,23). The maximum atomic E-state index is 13.3. The van der Waals surface area contributed by atoms with E-state index in [1.54, 1.807) is 4.90 Å². The predicted molar refractivity (Wildman–Crippen MR) is 92.9 cm³/mol. The van der Waals surface area contributed by atoms with Crippen molar-refractivity contribution in [2.45, 2.75) is 31.4 Å². The molecule has 2 aliphatic heterocycles. The molecular formula is C18H22ClFN2O4. The number of hydrogen-bond donors (Lipinski definition) is 2. The Morgan fingerprint density at radius 3 is 2.81 bits per heavy atom. The maximum Gasteiger partial charge on any atom is 0.264 e. The van der Waals surface area contributed by atoms with E-state index in [1.807, 2.05) is 0 Å². The first-order chi connectivity index (χ1) is 12.4. The van der Waals surface area contributed by atoms with Gasteiger partial charge in [0.2, 0.25) is 5.60 Å². The molecule has 2 fully saturated rings. The van der Waals surface area contributed by atoms with Gasteiger partial charge in [-0.3, -0.25) is 9.59 Å². The molecule has 2 aliphatic rings. The van der Waals surface area contributed by atoms with Crippen molar-refractivity contribution in [1.29, 1.82) is 0 Å². The third-order valence-corrected chi connectivity index (χ3v) is 5.17. The number of halogens is 2. The van der Waals surface area contributed by atoms with Crippen LogP contribution in [0.3, 0.4) is 0 Å². The summed E-state index contributed by atoms with van der Waals surface area (Å²) in [5.41, 5.74) is -1.61. The van der Waals surface area contributed by atoms with Gasteiger partial charge in [-0.15, -0.1) is 0 Å². The molecule has 1 atom stereocenters. The minimum Gasteiger partial charge on any atom is -0.381 e. The highest BCUT2D eigenvalue weighted by molar-refractivity contribution is 6.30. The predicted octanol–water partition coefficient (Wildman–Crippen LogP) is 1.49. The number of rotatable bonds is 5. The number of nitrogens with zero attached hydrogens (tertiary/aromatic N) is 1. The van der Waals surface area contributed by atoms with Crippen LogP contribution in [-0.2, 0) is 20.9 Å². The molecule has 2 amide bonds. The van der Waals surface area contributed by atoms with Gasteiger partial charge in [0.05, 0.1) is 0 Å². The molecule has 0 saturated carbocycles. The quantitative estimate of drug-likeness (QED) is 0.754. The minimum atomic E-state index is -2.07. The Hall–Kier alpha value is -1.70. The number of ether oxygens (including phenoxy) is 1. The average molecular weight is 385 g/mol. The van der Waals surface area contributed by atoms with Gasteiger partial charge >= 0.3 is 0 Å². The molecule has 2 N–H and O–H groups in total. The van der Waals surface area contributed by atoms with Gasteiger partial charge in [0.25, 0.3) is 11.8 Å². The van der Waals surface area contributed by atoms with Gasteiger partial charge in [0, 0.05) is 44.3 Å². The number of likely N-dealkylation sites (tertiary alicyclic amines) is 1. The van der Waals surface area contributed by atoms with Crippen LogP contribution in [0.15, 0.2) is 18.2 Å². The first kappa shape index (κ1) is 19.1. The normalized spacial score (nSPS) is 24.1. The van der Waals surface area contributed by atoms with Crippen LogP contribution in [0.25, 0.3) is 0 Å². The molecule has 6 nitrogen and oxygen atoms in total. The van der Waals surface area contributed by atoms with Gasteiger partial charge in [-0.25, -0.2) is 4.39 Å². The van der Waals surface area contributed by atoms with Crippen LogP contribution in [-0.4, -0.2) is 53.7 Å². The van der Waals surface area contributed by atoms with E-state index in [4.69, 9.17) is 16.3 Å². The number of hydrogen-bond acceptors (Lipinski definition) is 4. The van der Waals surface area contributed by atoms with Gasteiger partial charge in [-0.05, 0) is 42.5 Å². The average Bonchev–Trinajstić information content (AvgIpc) is 2.89. The summed E-state index contributed by atoms with van der Waals surface area (Å²) in [6.07, 6.45) is 1.79. The summed E-state index contributed by atoms with van der Waals surface area (Å²) in [6, 6.07) is 3.92.